The van der Waals surface area contributed by atoms with E-state index in [2.05, 4.69) is 0 Å². The summed E-state index contributed by atoms with van der Waals surface area (Å²) in [6.45, 7) is 8.64. The molecule has 0 radical (unpaired) electrons. The zero-order valence-corrected chi connectivity index (χ0v) is 20.1. The number of carbonyl (C=O) groups is 4. The lowest BCUT2D eigenvalue weighted by Crippen LogP contribution is -2.63. The van der Waals surface area contributed by atoms with Gasteiger partial charge in [0.1, 0.15) is 24.9 Å². The number of epoxide rings is 1. The SMILES string of the molecule is CC(=O)OCC1O[C@@H](O[C@@H]2C(C)CO[C@H](C)[C@@H]3OC23)[C@@H](OC(C)=O)C(OC(C)=O)[C@@H]1OC(C)=O. The van der Waals surface area contributed by atoms with Crippen LogP contribution in [0.5, 0.6) is 0 Å². The van der Waals surface area contributed by atoms with E-state index in [1.54, 1.807) is 0 Å². The Morgan fingerprint density at radius 3 is 1.91 bits per heavy atom. The zero-order chi connectivity index (χ0) is 25.2. The smallest absolute Gasteiger partial charge is 0.303 e. The number of rotatable bonds is 7. The molecule has 0 aromatic rings. The summed E-state index contributed by atoms with van der Waals surface area (Å²) >= 11 is 0. The topological polar surface area (TPSA) is 145 Å². The molecule has 3 saturated heterocycles. The fourth-order valence-corrected chi connectivity index (χ4v) is 4.26. The van der Waals surface area contributed by atoms with Crippen LogP contribution in [0.3, 0.4) is 0 Å². The summed E-state index contributed by atoms with van der Waals surface area (Å²) in [7, 11) is 0. The van der Waals surface area contributed by atoms with E-state index in [9.17, 15) is 19.2 Å². The lowest BCUT2D eigenvalue weighted by molar-refractivity contribution is -0.321. The highest BCUT2D eigenvalue weighted by molar-refractivity contribution is 5.68. The van der Waals surface area contributed by atoms with E-state index in [0.717, 1.165) is 13.8 Å². The van der Waals surface area contributed by atoms with Crippen molar-refractivity contribution >= 4 is 23.9 Å². The largest absolute Gasteiger partial charge is 0.463 e. The van der Waals surface area contributed by atoms with Crippen LogP contribution < -0.4 is 0 Å². The lowest BCUT2D eigenvalue weighted by atomic mass is 9.97. The third-order valence-electron chi connectivity index (χ3n) is 5.77. The second-order valence-electron chi connectivity index (χ2n) is 8.75. The summed E-state index contributed by atoms with van der Waals surface area (Å²) < 4.78 is 45.1. The van der Waals surface area contributed by atoms with E-state index < -0.39 is 60.7 Å². The van der Waals surface area contributed by atoms with Crippen molar-refractivity contribution in [1.29, 1.82) is 0 Å². The van der Waals surface area contributed by atoms with Gasteiger partial charge in [-0.25, -0.2) is 0 Å². The molecule has 3 rings (SSSR count). The van der Waals surface area contributed by atoms with Crippen LogP contribution in [-0.2, 0) is 57.1 Å². The quantitative estimate of drug-likeness (QED) is 0.275. The number of hydrogen-bond acceptors (Lipinski definition) is 12. The van der Waals surface area contributed by atoms with Gasteiger partial charge in [0.15, 0.2) is 24.6 Å². The van der Waals surface area contributed by atoms with Gasteiger partial charge in [-0.2, -0.15) is 0 Å². The first-order valence-electron chi connectivity index (χ1n) is 11.2. The Kier molecular flexibility index (Phi) is 8.50. The van der Waals surface area contributed by atoms with E-state index in [1.165, 1.54) is 13.8 Å². The summed E-state index contributed by atoms with van der Waals surface area (Å²) in [5, 5.41) is 0. The molecule has 3 fully saturated rings. The highest BCUT2D eigenvalue weighted by Crippen LogP contribution is 2.40. The second-order valence-corrected chi connectivity index (χ2v) is 8.75. The molecule has 0 N–H and O–H groups in total. The van der Waals surface area contributed by atoms with E-state index in [1.807, 2.05) is 13.8 Å². The summed E-state index contributed by atoms with van der Waals surface area (Å²) in [4.78, 5) is 47.1. The van der Waals surface area contributed by atoms with Crippen molar-refractivity contribution in [1.82, 2.24) is 0 Å². The molecule has 0 aliphatic carbocycles. The molecule has 3 aliphatic heterocycles. The predicted molar refractivity (Wildman–Crippen MR) is 110 cm³/mol. The summed E-state index contributed by atoms with van der Waals surface area (Å²) in [5.41, 5.74) is 0. The molecule has 0 amide bonds. The first-order valence-corrected chi connectivity index (χ1v) is 11.2. The Morgan fingerprint density at radius 1 is 0.735 bits per heavy atom. The number of esters is 4. The van der Waals surface area contributed by atoms with Gasteiger partial charge in [0.25, 0.3) is 0 Å². The van der Waals surface area contributed by atoms with Crippen LogP contribution in [0.2, 0.25) is 0 Å². The van der Waals surface area contributed by atoms with Crippen molar-refractivity contribution in [2.75, 3.05) is 13.2 Å². The first-order chi connectivity index (χ1) is 16.0. The molecule has 12 nitrogen and oxygen atoms in total. The van der Waals surface area contributed by atoms with Crippen LogP contribution in [0.1, 0.15) is 41.5 Å². The molecular weight excluding hydrogens is 456 g/mol. The Bertz CT molecular complexity index is 784. The molecule has 0 aromatic heterocycles. The second kappa shape index (κ2) is 11.0. The highest BCUT2D eigenvalue weighted by Gasteiger charge is 2.57. The van der Waals surface area contributed by atoms with E-state index in [0.29, 0.717) is 6.61 Å². The minimum Gasteiger partial charge on any atom is -0.463 e. The fourth-order valence-electron chi connectivity index (χ4n) is 4.26. The molecule has 3 heterocycles. The highest BCUT2D eigenvalue weighted by atomic mass is 16.7. The summed E-state index contributed by atoms with van der Waals surface area (Å²) in [6, 6.07) is 0. The van der Waals surface area contributed by atoms with E-state index in [-0.39, 0.29) is 30.8 Å². The minimum absolute atomic E-state index is 0.105. The van der Waals surface area contributed by atoms with Crippen LogP contribution >= 0.6 is 0 Å². The van der Waals surface area contributed by atoms with Crippen LogP contribution in [-0.4, -0.2) is 92.2 Å². The molecule has 0 saturated carbocycles. The van der Waals surface area contributed by atoms with Gasteiger partial charge in [0, 0.05) is 33.6 Å². The van der Waals surface area contributed by atoms with Crippen molar-refractivity contribution in [2.24, 2.45) is 5.92 Å². The van der Waals surface area contributed by atoms with Gasteiger partial charge in [-0.05, 0) is 6.92 Å². The molecule has 0 bridgehead atoms. The van der Waals surface area contributed by atoms with Gasteiger partial charge in [0.2, 0.25) is 0 Å². The molecule has 0 spiro atoms. The van der Waals surface area contributed by atoms with Gasteiger partial charge >= 0.3 is 23.9 Å². The third-order valence-corrected chi connectivity index (χ3v) is 5.77. The van der Waals surface area contributed by atoms with Crippen molar-refractivity contribution < 1.29 is 57.1 Å². The zero-order valence-electron chi connectivity index (χ0n) is 20.1. The maximum atomic E-state index is 11.9. The van der Waals surface area contributed by atoms with Gasteiger partial charge in [-0.1, -0.05) is 6.92 Å². The monoisotopic (exact) mass is 488 g/mol. The maximum Gasteiger partial charge on any atom is 0.303 e. The average molecular weight is 488 g/mol. The molecule has 192 valence electrons. The maximum absolute atomic E-state index is 11.9. The molecule has 12 heteroatoms. The average Bonchev–Trinajstić information content (AvgIpc) is 3.52. The summed E-state index contributed by atoms with van der Waals surface area (Å²) in [5.74, 6) is -2.79. The Hall–Kier alpha value is -2.28. The molecule has 3 aliphatic rings. The van der Waals surface area contributed by atoms with Crippen LogP contribution in [0.15, 0.2) is 0 Å². The van der Waals surface area contributed by atoms with Crippen molar-refractivity contribution in [3.8, 4) is 0 Å². The first kappa shape index (κ1) is 26.3. The molecule has 4 unspecified atom stereocenters. The minimum atomic E-state index is -1.28. The molecule has 10 atom stereocenters. The third kappa shape index (κ3) is 6.44. The predicted octanol–water partition coefficient (Wildman–Crippen LogP) is 0.277. The van der Waals surface area contributed by atoms with Gasteiger partial charge in [-0.15, -0.1) is 0 Å². The molecular formula is C22H32O12. The van der Waals surface area contributed by atoms with Gasteiger partial charge in [0.05, 0.1) is 18.8 Å². The fraction of sp³-hybridized carbons (Fsp3) is 0.818. The standard InChI is InChI=1S/C22H32O12/c1-9-7-27-10(2)17-19(33-17)16(9)34-22-21(31-14(6)26)20(30-13(5)25)18(29-12(4)24)15(32-22)8-28-11(3)23/h9-10,15-22H,7-8H2,1-6H3/t9?,10-,15?,16-,17+,18-,19?,20?,21+,22+/m1/s1. The van der Waals surface area contributed by atoms with E-state index >= 15 is 0 Å². The van der Waals surface area contributed by atoms with Crippen LogP contribution in [0.25, 0.3) is 0 Å². The number of hydrogen-bond donors (Lipinski definition) is 0. The lowest BCUT2D eigenvalue weighted by Gasteiger charge is -2.45. The van der Waals surface area contributed by atoms with E-state index in [4.69, 9.17) is 37.9 Å². The van der Waals surface area contributed by atoms with Crippen molar-refractivity contribution in [2.45, 2.75) is 96.7 Å². The summed E-state index contributed by atoms with van der Waals surface area (Å²) in [6.07, 6.45) is -7.12. The van der Waals surface area contributed by atoms with Crippen LogP contribution in [0.4, 0.5) is 0 Å². The van der Waals surface area contributed by atoms with Crippen molar-refractivity contribution in [3.05, 3.63) is 0 Å². The Morgan fingerprint density at radius 2 is 1.32 bits per heavy atom. The Balaban J connectivity index is 1.92. The number of carbonyl (C=O) groups excluding carboxylic acids is 4. The number of fused-ring (bicyclic) bond motifs is 1. The normalized spacial score (nSPS) is 39.1. The Labute approximate surface area is 197 Å². The van der Waals surface area contributed by atoms with Crippen LogP contribution in [0, 0.1) is 5.92 Å². The van der Waals surface area contributed by atoms with Gasteiger partial charge < -0.3 is 37.9 Å². The molecule has 34 heavy (non-hydrogen) atoms. The van der Waals surface area contributed by atoms with Gasteiger partial charge in [-0.3, -0.25) is 19.2 Å². The number of ether oxygens (including phenoxy) is 8. The molecule has 0 aromatic carbocycles. The van der Waals surface area contributed by atoms with Crippen molar-refractivity contribution in [3.63, 3.8) is 0 Å².